The lowest BCUT2D eigenvalue weighted by Crippen LogP contribution is -2.45. The molecule has 1 fully saturated rings. The van der Waals surface area contributed by atoms with Gasteiger partial charge in [0.25, 0.3) is 0 Å². The zero-order valence-electron chi connectivity index (χ0n) is 11.3. The molecule has 0 bridgehead atoms. The van der Waals surface area contributed by atoms with Crippen molar-refractivity contribution in [3.05, 3.63) is 17.5 Å². The number of carbonyl (C=O) groups is 1. The van der Waals surface area contributed by atoms with Crippen LogP contribution in [0.3, 0.4) is 0 Å². The van der Waals surface area contributed by atoms with Gasteiger partial charge in [-0.2, -0.15) is 5.10 Å². The maximum Gasteiger partial charge on any atom is 0.310 e. The number of likely N-dealkylation sites (tertiary alicyclic amines) is 1. The fourth-order valence-electron chi connectivity index (χ4n) is 2.59. The number of hydrogen-bond donors (Lipinski definition) is 1. The molecule has 1 aliphatic rings. The van der Waals surface area contributed by atoms with E-state index in [2.05, 4.69) is 10.00 Å². The lowest BCUT2D eigenvalue weighted by atomic mass is 9.82. The van der Waals surface area contributed by atoms with Crippen LogP contribution in [-0.4, -0.2) is 38.8 Å². The molecule has 0 aliphatic carbocycles. The molecule has 1 unspecified atom stereocenters. The second-order valence-corrected chi connectivity index (χ2v) is 5.56. The monoisotopic (exact) mass is 251 g/mol. The molecule has 1 atom stereocenters. The molecular weight excluding hydrogens is 230 g/mol. The Morgan fingerprint density at radius 2 is 2.33 bits per heavy atom. The van der Waals surface area contributed by atoms with E-state index in [1.54, 1.807) is 0 Å². The summed E-state index contributed by atoms with van der Waals surface area (Å²) < 4.78 is 1.86. The van der Waals surface area contributed by atoms with Crippen molar-refractivity contribution in [2.24, 2.45) is 12.5 Å². The third-order valence-electron chi connectivity index (χ3n) is 4.02. The molecule has 0 amide bonds. The van der Waals surface area contributed by atoms with Gasteiger partial charge in [0.1, 0.15) is 0 Å². The van der Waals surface area contributed by atoms with Crippen molar-refractivity contribution < 1.29 is 9.90 Å². The highest BCUT2D eigenvalue weighted by atomic mass is 16.4. The van der Waals surface area contributed by atoms with Crippen molar-refractivity contribution in [2.45, 2.75) is 33.2 Å². The van der Waals surface area contributed by atoms with Crippen LogP contribution in [0, 0.1) is 12.3 Å². The maximum absolute atomic E-state index is 11.3. The highest BCUT2D eigenvalue weighted by Gasteiger charge is 2.37. The van der Waals surface area contributed by atoms with Crippen LogP contribution in [0.5, 0.6) is 0 Å². The van der Waals surface area contributed by atoms with Gasteiger partial charge in [-0.25, -0.2) is 0 Å². The summed E-state index contributed by atoms with van der Waals surface area (Å²) in [6.45, 7) is 6.27. The van der Waals surface area contributed by atoms with Crippen molar-refractivity contribution in [1.82, 2.24) is 14.7 Å². The predicted octanol–water partition coefficient (Wildman–Crippen LogP) is 1.42. The summed E-state index contributed by atoms with van der Waals surface area (Å²) in [6.07, 6.45) is 3.59. The minimum atomic E-state index is -0.685. The zero-order valence-corrected chi connectivity index (χ0v) is 11.3. The number of piperidine rings is 1. The van der Waals surface area contributed by atoms with Crippen molar-refractivity contribution in [1.29, 1.82) is 0 Å². The van der Waals surface area contributed by atoms with Crippen LogP contribution in [-0.2, 0) is 18.4 Å². The van der Waals surface area contributed by atoms with Gasteiger partial charge in [-0.15, -0.1) is 0 Å². The first-order chi connectivity index (χ1) is 8.42. The maximum atomic E-state index is 11.3. The Balaban J connectivity index is 2.06. The van der Waals surface area contributed by atoms with E-state index >= 15 is 0 Å². The van der Waals surface area contributed by atoms with Gasteiger partial charge in [-0.05, 0) is 33.2 Å². The van der Waals surface area contributed by atoms with E-state index in [1.165, 1.54) is 5.56 Å². The molecule has 1 aromatic rings. The van der Waals surface area contributed by atoms with Crippen molar-refractivity contribution in [3.8, 4) is 0 Å². The Bertz CT molecular complexity index is 455. The second-order valence-electron chi connectivity index (χ2n) is 5.56. The Morgan fingerprint density at radius 3 is 2.89 bits per heavy atom. The highest BCUT2D eigenvalue weighted by Crippen LogP contribution is 2.30. The molecule has 1 aliphatic heterocycles. The largest absolute Gasteiger partial charge is 0.481 e. The first-order valence-electron chi connectivity index (χ1n) is 6.35. The van der Waals surface area contributed by atoms with E-state index in [9.17, 15) is 9.90 Å². The summed E-state index contributed by atoms with van der Waals surface area (Å²) in [5.41, 5.74) is 1.73. The quantitative estimate of drug-likeness (QED) is 0.882. The lowest BCUT2D eigenvalue weighted by molar-refractivity contribution is -0.151. The van der Waals surface area contributed by atoms with Crippen molar-refractivity contribution in [2.75, 3.05) is 13.1 Å². The first-order valence-corrected chi connectivity index (χ1v) is 6.35. The standard InChI is InChI=1S/C13H21N3O2/c1-10-11(7-14-15(10)3)8-16-6-4-5-13(2,9-16)12(17)18/h7H,4-6,8-9H2,1-3H3,(H,17,18). The van der Waals surface area contributed by atoms with E-state index in [4.69, 9.17) is 0 Å². The van der Waals surface area contributed by atoms with Gasteiger partial charge in [-0.1, -0.05) is 0 Å². The molecule has 1 saturated heterocycles. The molecule has 0 aromatic carbocycles. The third kappa shape index (κ3) is 2.41. The van der Waals surface area contributed by atoms with Crippen LogP contribution in [0.4, 0.5) is 0 Å². The fourth-order valence-corrected chi connectivity index (χ4v) is 2.59. The Hall–Kier alpha value is -1.36. The van der Waals surface area contributed by atoms with Crippen LogP contribution in [0.2, 0.25) is 0 Å². The van der Waals surface area contributed by atoms with Crippen LogP contribution in [0.25, 0.3) is 0 Å². The van der Waals surface area contributed by atoms with Crippen molar-refractivity contribution in [3.63, 3.8) is 0 Å². The van der Waals surface area contributed by atoms with Gasteiger partial charge < -0.3 is 5.11 Å². The van der Waals surface area contributed by atoms with Crippen LogP contribution < -0.4 is 0 Å². The summed E-state index contributed by atoms with van der Waals surface area (Å²) in [5.74, 6) is -0.685. The molecule has 0 saturated carbocycles. The van der Waals surface area contributed by atoms with Gasteiger partial charge >= 0.3 is 5.97 Å². The van der Waals surface area contributed by atoms with Gasteiger partial charge in [-0.3, -0.25) is 14.4 Å². The van der Waals surface area contributed by atoms with Gasteiger partial charge in [0, 0.05) is 31.4 Å². The Labute approximate surface area is 107 Å². The molecule has 0 radical (unpaired) electrons. The summed E-state index contributed by atoms with van der Waals surface area (Å²) in [6, 6.07) is 0. The van der Waals surface area contributed by atoms with Crippen LogP contribution >= 0.6 is 0 Å². The molecule has 1 N–H and O–H groups in total. The smallest absolute Gasteiger partial charge is 0.310 e. The van der Waals surface area contributed by atoms with Crippen LogP contribution in [0.15, 0.2) is 6.20 Å². The number of carboxylic acid groups (broad SMARTS) is 1. The molecule has 5 nitrogen and oxygen atoms in total. The number of nitrogens with zero attached hydrogens (tertiary/aromatic N) is 3. The number of aliphatic carboxylic acids is 1. The number of aryl methyl sites for hydroxylation is 1. The topological polar surface area (TPSA) is 58.4 Å². The average molecular weight is 251 g/mol. The van der Waals surface area contributed by atoms with E-state index < -0.39 is 11.4 Å². The van der Waals surface area contributed by atoms with E-state index in [0.717, 1.165) is 31.6 Å². The zero-order chi connectivity index (χ0) is 13.3. The van der Waals surface area contributed by atoms with E-state index in [-0.39, 0.29) is 0 Å². The summed E-state index contributed by atoms with van der Waals surface area (Å²) in [7, 11) is 1.93. The minimum absolute atomic E-state index is 0.603. The summed E-state index contributed by atoms with van der Waals surface area (Å²) in [4.78, 5) is 13.5. The lowest BCUT2D eigenvalue weighted by Gasteiger charge is -2.37. The molecule has 0 spiro atoms. The molecular formula is C13H21N3O2. The third-order valence-corrected chi connectivity index (χ3v) is 4.02. The van der Waals surface area contributed by atoms with E-state index in [0.29, 0.717) is 6.54 Å². The molecule has 100 valence electrons. The Kier molecular flexibility index (Phi) is 3.43. The predicted molar refractivity (Wildman–Crippen MR) is 68.2 cm³/mol. The molecule has 1 aromatic heterocycles. The summed E-state index contributed by atoms with van der Waals surface area (Å²) in [5, 5.41) is 13.5. The number of carboxylic acids is 1. The van der Waals surface area contributed by atoms with Gasteiger partial charge in [0.05, 0.1) is 11.6 Å². The SMILES string of the molecule is Cc1c(CN2CCCC(C)(C(=O)O)C2)cnn1C. The summed E-state index contributed by atoms with van der Waals surface area (Å²) >= 11 is 0. The number of rotatable bonds is 3. The van der Waals surface area contributed by atoms with Gasteiger partial charge in [0.2, 0.25) is 0 Å². The number of hydrogen-bond acceptors (Lipinski definition) is 3. The minimum Gasteiger partial charge on any atom is -0.481 e. The molecule has 2 rings (SSSR count). The average Bonchev–Trinajstić information content (AvgIpc) is 2.61. The highest BCUT2D eigenvalue weighted by molar-refractivity contribution is 5.74. The normalized spacial score (nSPS) is 25.3. The van der Waals surface area contributed by atoms with E-state index in [1.807, 2.05) is 31.8 Å². The first kappa shape index (κ1) is 13.1. The van der Waals surface area contributed by atoms with Crippen molar-refractivity contribution >= 4 is 5.97 Å². The second kappa shape index (κ2) is 4.72. The van der Waals surface area contributed by atoms with Crippen LogP contribution in [0.1, 0.15) is 31.0 Å². The molecule has 18 heavy (non-hydrogen) atoms. The fraction of sp³-hybridized carbons (Fsp3) is 0.692. The van der Waals surface area contributed by atoms with Gasteiger partial charge in [0.15, 0.2) is 0 Å². The molecule has 2 heterocycles. The Morgan fingerprint density at radius 1 is 1.61 bits per heavy atom. The number of aromatic nitrogens is 2. The molecule has 5 heteroatoms.